The summed E-state index contributed by atoms with van der Waals surface area (Å²) in [5.41, 5.74) is -0.639. The second-order valence-electron chi connectivity index (χ2n) is 6.24. The van der Waals surface area contributed by atoms with Gasteiger partial charge in [-0.3, -0.25) is 0 Å². The van der Waals surface area contributed by atoms with Crippen molar-refractivity contribution in [1.29, 1.82) is 1.43 Å². The van der Waals surface area contributed by atoms with E-state index in [1.54, 1.807) is 6.08 Å². The fourth-order valence-corrected chi connectivity index (χ4v) is 4.51. The van der Waals surface area contributed by atoms with E-state index in [0.717, 1.165) is 4.90 Å². The zero-order valence-corrected chi connectivity index (χ0v) is 11.6. The van der Waals surface area contributed by atoms with Gasteiger partial charge in [0.25, 0.3) is 0 Å². The summed E-state index contributed by atoms with van der Waals surface area (Å²) in [6, 6.07) is 0.419. The van der Waals surface area contributed by atoms with Crippen molar-refractivity contribution in [3.05, 3.63) is 35.4 Å². The SMILES string of the molecule is [2H]OC1C=C[C@@H]2[C@@]34CCN(C([2H])([2H])[2H])[C@]2([2H])C([2H])([2H])c2ccc(OC([2H])([2H])[2H])c(c23)OC14. The van der Waals surface area contributed by atoms with Crippen LogP contribution in [-0.4, -0.2) is 50.2 Å². The number of ether oxygens (including phenoxy) is 2. The molecule has 0 radical (unpaired) electrons. The van der Waals surface area contributed by atoms with Crippen LogP contribution in [0.3, 0.4) is 0 Å². The van der Waals surface area contributed by atoms with Crippen LogP contribution in [-0.2, 0) is 11.8 Å². The lowest BCUT2D eigenvalue weighted by Crippen LogP contribution is -2.64. The molecule has 1 aromatic carbocycles. The molecule has 5 rings (SSSR count). The maximum Gasteiger partial charge on any atom is 0.211 e. The van der Waals surface area contributed by atoms with E-state index in [2.05, 4.69) is 0 Å². The number of hydrogen-bond acceptors (Lipinski definition) is 4. The summed E-state index contributed by atoms with van der Waals surface area (Å²) in [6.07, 6.45) is -0.958. The number of methoxy groups -OCH3 is 1. The fourth-order valence-electron chi connectivity index (χ4n) is 4.51. The average molecular weight is 309 g/mol. The molecule has 5 atom stereocenters. The molecule has 2 bridgehead atoms. The Kier molecular flexibility index (Phi) is 1.21. The highest BCUT2D eigenvalue weighted by Gasteiger charge is 2.64. The Balaban J connectivity index is 1.83. The fraction of sp³-hybridized carbons (Fsp3) is 0.556. The smallest absolute Gasteiger partial charge is 0.211 e. The van der Waals surface area contributed by atoms with E-state index in [0.29, 0.717) is 5.56 Å². The van der Waals surface area contributed by atoms with Gasteiger partial charge in [0.05, 0.1) is 11.2 Å². The number of rotatable bonds is 2. The highest BCUT2D eigenvalue weighted by atomic mass is 16.5. The summed E-state index contributed by atoms with van der Waals surface area (Å²) in [6.45, 7) is -2.83. The van der Waals surface area contributed by atoms with E-state index in [9.17, 15) is 1.37 Å². The van der Waals surface area contributed by atoms with Gasteiger partial charge in [-0.25, -0.2) is 0 Å². The van der Waals surface area contributed by atoms with Gasteiger partial charge in [0, 0.05) is 31.1 Å². The molecule has 2 unspecified atom stereocenters. The van der Waals surface area contributed by atoms with Crippen LogP contribution in [0, 0.1) is 5.92 Å². The summed E-state index contributed by atoms with van der Waals surface area (Å²) in [5, 5.41) is 4.86. The van der Waals surface area contributed by atoms with Crippen molar-refractivity contribution < 1.29 is 26.9 Å². The summed E-state index contributed by atoms with van der Waals surface area (Å²) in [7, 11) is -2.78. The molecule has 1 fully saturated rings. The first-order valence-electron chi connectivity index (χ1n) is 12.2. The van der Waals surface area contributed by atoms with E-state index < -0.39 is 49.9 Å². The van der Waals surface area contributed by atoms with Gasteiger partial charge in [0.15, 0.2) is 11.5 Å². The molecular weight excluding hydrogens is 278 g/mol. The standard InChI is InChI=1S/C18H21NO3/c1-19-8-7-18-11-4-5-13(20)17(18)22-16-14(21-2)6-3-10(15(16)18)9-12(11)19/h3-6,11-13,17,20H,7-9H2,1-2H3/t11-,12+,13?,17?,18-/m0/s1/i1D3,2D3,9D2,12D,20D. The number of hydrogen-bond donors (Lipinski definition) is 1. The molecule has 116 valence electrons. The lowest BCUT2D eigenvalue weighted by molar-refractivity contribution is -0.0453. The topological polar surface area (TPSA) is 41.9 Å². The van der Waals surface area contributed by atoms with Gasteiger partial charge in [0.2, 0.25) is 1.43 Å². The van der Waals surface area contributed by atoms with E-state index in [1.165, 1.54) is 18.2 Å². The third kappa shape index (κ3) is 1.28. The number of nitrogens with zero attached hydrogens (tertiary/aromatic N) is 1. The summed E-state index contributed by atoms with van der Waals surface area (Å²) >= 11 is 0. The molecule has 4 aliphatic rings. The van der Waals surface area contributed by atoms with Gasteiger partial charge in [0.1, 0.15) is 12.2 Å². The number of benzene rings is 1. The van der Waals surface area contributed by atoms with Crippen LogP contribution in [0.4, 0.5) is 0 Å². The Bertz CT molecular complexity index is 1010. The number of aliphatic hydroxyl groups excluding tert-OH is 1. The molecular formula is C18H21NO3. The summed E-state index contributed by atoms with van der Waals surface area (Å²) < 4.78 is 92.4. The van der Waals surface area contributed by atoms with Crippen molar-refractivity contribution in [3.8, 4) is 11.5 Å². The predicted molar refractivity (Wildman–Crippen MR) is 82.5 cm³/mol. The number of likely N-dealkylation sites (N-methyl/N-ethyl adjacent to an activating group) is 1. The molecule has 1 saturated heterocycles. The molecule has 22 heavy (non-hydrogen) atoms. The number of piperidine rings is 1. The molecule has 2 aliphatic heterocycles. The Morgan fingerprint density at radius 2 is 2.59 bits per heavy atom. The highest BCUT2D eigenvalue weighted by Crippen LogP contribution is 2.62. The molecule has 0 aromatic heterocycles. The van der Waals surface area contributed by atoms with Gasteiger partial charge in [-0.2, -0.15) is 0 Å². The maximum atomic E-state index is 9.33. The van der Waals surface area contributed by atoms with Crippen molar-refractivity contribution >= 4 is 0 Å². The normalized spacial score (nSPS) is 54.5. The predicted octanol–water partition coefficient (Wildman–Crippen LogP) is 1.50. The van der Waals surface area contributed by atoms with Crippen LogP contribution < -0.4 is 9.47 Å². The van der Waals surface area contributed by atoms with Crippen molar-refractivity contribution in [2.24, 2.45) is 5.92 Å². The molecule has 1 N–H and O–H groups in total. The minimum atomic E-state index is -2.78. The van der Waals surface area contributed by atoms with E-state index in [4.69, 9.17) is 27.0 Å². The number of likely N-dealkylation sites (tertiary alicyclic amines) is 1. The molecule has 0 amide bonds. The van der Waals surface area contributed by atoms with Gasteiger partial charge < -0.3 is 19.5 Å². The third-order valence-electron chi connectivity index (χ3n) is 5.39. The lowest BCUT2D eigenvalue weighted by atomic mass is 9.53. The lowest BCUT2D eigenvalue weighted by Gasteiger charge is -2.56. The molecule has 2 heterocycles. The highest BCUT2D eigenvalue weighted by molar-refractivity contribution is 5.62. The third-order valence-corrected chi connectivity index (χ3v) is 5.39. The minimum absolute atomic E-state index is 0.0487. The number of aliphatic hydroxyl groups is 1. The Hall–Kier alpha value is -1.52. The van der Waals surface area contributed by atoms with Crippen LogP contribution in [0.2, 0.25) is 0 Å². The second kappa shape index (κ2) is 4.06. The summed E-state index contributed by atoms with van der Waals surface area (Å²) in [5.74, 6) is -0.999. The van der Waals surface area contributed by atoms with Crippen LogP contribution in [0.25, 0.3) is 0 Å². The maximum absolute atomic E-state index is 9.33. The molecule has 1 aromatic rings. The van der Waals surface area contributed by atoms with Crippen molar-refractivity contribution in [1.82, 2.24) is 4.90 Å². The molecule has 2 aliphatic carbocycles. The van der Waals surface area contributed by atoms with E-state index in [-0.39, 0.29) is 30.0 Å². The van der Waals surface area contributed by atoms with Crippen LogP contribution in [0.15, 0.2) is 24.3 Å². The van der Waals surface area contributed by atoms with Crippen molar-refractivity contribution in [2.45, 2.75) is 36.4 Å². The largest absolute Gasteiger partial charge is 0.493 e. The second-order valence-corrected chi connectivity index (χ2v) is 6.24. The van der Waals surface area contributed by atoms with Gasteiger partial charge in [-0.1, -0.05) is 18.2 Å². The molecule has 1 spiro atoms. The minimum Gasteiger partial charge on any atom is -0.493 e. The average Bonchev–Trinajstić information content (AvgIpc) is 3.00. The zero-order chi connectivity index (χ0) is 23.5. The van der Waals surface area contributed by atoms with Crippen LogP contribution in [0.1, 0.15) is 29.9 Å². The van der Waals surface area contributed by atoms with Gasteiger partial charge in [-0.05, 0) is 37.9 Å². The Morgan fingerprint density at radius 3 is 3.45 bits per heavy atom. The quantitative estimate of drug-likeness (QED) is 0.841. The van der Waals surface area contributed by atoms with Crippen molar-refractivity contribution in [2.75, 3.05) is 20.6 Å². The first-order chi connectivity index (χ1) is 14.7. The first kappa shape index (κ1) is 6.54. The van der Waals surface area contributed by atoms with E-state index >= 15 is 0 Å². The first-order valence-corrected chi connectivity index (χ1v) is 7.31. The van der Waals surface area contributed by atoms with Crippen molar-refractivity contribution in [3.63, 3.8) is 0 Å². The molecule has 4 nitrogen and oxygen atoms in total. The Morgan fingerprint density at radius 1 is 1.59 bits per heavy atom. The van der Waals surface area contributed by atoms with Crippen LogP contribution in [0.5, 0.6) is 11.5 Å². The van der Waals surface area contributed by atoms with Gasteiger partial charge >= 0.3 is 0 Å². The molecule has 0 saturated carbocycles. The monoisotopic (exact) mass is 309 g/mol. The Labute approximate surface area is 144 Å². The summed E-state index contributed by atoms with van der Waals surface area (Å²) in [4.78, 5) is 0.924. The van der Waals surface area contributed by atoms with Crippen LogP contribution >= 0.6 is 0 Å². The van der Waals surface area contributed by atoms with Gasteiger partial charge in [-0.15, -0.1) is 0 Å². The van der Waals surface area contributed by atoms with E-state index in [1.807, 2.05) is 0 Å². The molecule has 4 heteroatoms. The zero-order valence-electron chi connectivity index (χ0n) is 21.6.